The van der Waals surface area contributed by atoms with Gasteiger partial charge in [0.05, 0.1) is 17.7 Å². The van der Waals surface area contributed by atoms with Crippen molar-refractivity contribution >= 4 is 40.2 Å². The van der Waals surface area contributed by atoms with E-state index in [2.05, 4.69) is 10.3 Å². The van der Waals surface area contributed by atoms with Gasteiger partial charge in [0.2, 0.25) is 0 Å². The van der Waals surface area contributed by atoms with E-state index in [-0.39, 0.29) is 46.8 Å². The molecule has 4 aromatic rings. The summed E-state index contributed by atoms with van der Waals surface area (Å²) < 4.78 is 10.8. The molecule has 0 fully saturated rings. The number of esters is 1. The lowest BCUT2D eigenvalue weighted by atomic mass is 9.83. The Labute approximate surface area is 199 Å². The Kier molecular flexibility index (Phi) is 5.70. The van der Waals surface area contributed by atoms with Gasteiger partial charge in [-0.3, -0.25) is 19.2 Å². The highest BCUT2D eigenvalue weighted by Crippen LogP contribution is 2.32. The van der Waals surface area contributed by atoms with Gasteiger partial charge in [-0.15, -0.1) is 0 Å². The van der Waals surface area contributed by atoms with E-state index in [0.717, 1.165) is 0 Å². The summed E-state index contributed by atoms with van der Waals surface area (Å²) in [6, 6.07) is 18.5. The summed E-state index contributed by atoms with van der Waals surface area (Å²) in [4.78, 5) is 55.3. The van der Waals surface area contributed by atoms with Crippen LogP contribution in [0.5, 0.6) is 0 Å². The number of aryl methyl sites for hydroxylation is 1. The Morgan fingerprint density at radius 2 is 1.60 bits per heavy atom. The molecular formula is C27H20N2O6. The van der Waals surface area contributed by atoms with E-state index >= 15 is 0 Å². The number of ketones is 2. The van der Waals surface area contributed by atoms with Crippen molar-refractivity contribution in [1.82, 2.24) is 4.98 Å². The topological polar surface area (TPSA) is 116 Å². The number of para-hydroxylation sites is 2. The van der Waals surface area contributed by atoms with Crippen LogP contribution in [0, 0.1) is 0 Å². The van der Waals surface area contributed by atoms with E-state index in [0.29, 0.717) is 22.6 Å². The van der Waals surface area contributed by atoms with Crippen molar-refractivity contribution < 1.29 is 28.3 Å². The highest BCUT2D eigenvalue weighted by Gasteiger charge is 2.32. The summed E-state index contributed by atoms with van der Waals surface area (Å²) in [7, 11) is 0. The van der Waals surface area contributed by atoms with Crippen LogP contribution in [-0.4, -0.2) is 34.5 Å². The number of aromatic nitrogens is 1. The van der Waals surface area contributed by atoms with Crippen molar-refractivity contribution in [1.29, 1.82) is 0 Å². The maximum Gasteiger partial charge on any atom is 0.307 e. The van der Waals surface area contributed by atoms with Gasteiger partial charge in [-0.1, -0.05) is 48.5 Å². The monoisotopic (exact) mass is 468 g/mol. The largest absolute Gasteiger partial charge is 0.453 e. The SMILES string of the molecule is C[C@@H](OC(=O)CCc1nc2ccccc2o1)C(=O)Nc1cccc2c1C(=O)c1ccccc1C2=O. The van der Waals surface area contributed by atoms with Crippen molar-refractivity contribution in [3.05, 3.63) is 94.9 Å². The minimum absolute atomic E-state index is 0.0189. The molecule has 1 N–H and O–H groups in total. The number of fused-ring (bicyclic) bond motifs is 3. The first-order chi connectivity index (χ1) is 16.9. The predicted octanol–water partition coefficient (Wildman–Crippen LogP) is 4.11. The standard InChI is InChI=1S/C27H20N2O6/c1-15(34-23(30)14-13-22-28-19-10-4-5-12-21(19)35-22)27(33)29-20-11-6-9-18-24(20)26(32)17-8-3-2-7-16(17)25(18)31/h2-12,15H,13-14H2,1H3,(H,29,33)/t15-/m1/s1. The van der Waals surface area contributed by atoms with Gasteiger partial charge in [0.1, 0.15) is 5.52 Å². The molecule has 174 valence electrons. The lowest BCUT2D eigenvalue weighted by Crippen LogP contribution is -2.31. The van der Waals surface area contributed by atoms with Crippen molar-refractivity contribution in [2.45, 2.75) is 25.9 Å². The highest BCUT2D eigenvalue weighted by molar-refractivity contribution is 6.30. The molecule has 1 atom stereocenters. The number of carbonyl (C=O) groups excluding carboxylic acids is 4. The molecule has 1 heterocycles. The molecular weight excluding hydrogens is 448 g/mol. The molecule has 0 radical (unpaired) electrons. The minimum atomic E-state index is -1.12. The van der Waals surface area contributed by atoms with E-state index < -0.39 is 18.0 Å². The molecule has 1 aliphatic carbocycles. The number of anilines is 1. The second-order valence-electron chi connectivity index (χ2n) is 8.13. The van der Waals surface area contributed by atoms with Crippen molar-refractivity contribution in [2.24, 2.45) is 0 Å². The minimum Gasteiger partial charge on any atom is -0.453 e. The molecule has 1 aliphatic rings. The van der Waals surface area contributed by atoms with Gasteiger partial charge >= 0.3 is 5.97 Å². The molecule has 1 amide bonds. The molecule has 1 aromatic heterocycles. The third kappa shape index (κ3) is 4.21. The fraction of sp³-hybridized carbons (Fsp3) is 0.148. The van der Waals surface area contributed by atoms with E-state index in [4.69, 9.17) is 9.15 Å². The van der Waals surface area contributed by atoms with Gasteiger partial charge in [-0.2, -0.15) is 0 Å². The molecule has 0 saturated heterocycles. The first kappa shape index (κ1) is 22.2. The maximum absolute atomic E-state index is 13.1. The summed E-state index contributed by atoms with van der Waals surface area (Å²) in [6.45, 7) is 1.43. The molecule has 3 aromatic carbocycles. The third-order valence-electron chi connectivity index (χ3n) is 5.77. The van der Waals surface area contributed by atoms with Crippen LogP contribution in [0.25, 0.3) is 11.1 Å². The van der Waals surface area contributed by atoms with Crippen LogP contribution in [0.15, 0.2) is 71.1 Å². The number of nitrogens with zero attached hydrogens (tertiary/aromatic N) is 1. The van der Waals surface area contributed by atoms with E-state index in [1.54, 1.807) is 42.5 Å². The number of hydrogen-bond donors (Lipinski definition) is 1. The van der Waals surface area contributed by atoms with E-state index in [1.165, 1.54) is 13.0 Å². The van der Waals surface area contributed by atoms with Gasteiger partial charge < -0.3 is 14.5 Å². The Morgan fingerprint density at radius 1 is 0.914 bits per heavy atom. The third-order valence-corrected chi connectivity index (χ3v) is 5.77. The van der Waals surface area contributed by atoms with Crippen molar-refractivity contribution in [3.8, 4) is 0 Å². The molecule has 0 saturated carbocycles. The van der Waals surface area contributed by atoms with E-state index in [1.807, 2.05) is 18.2 Å². The number of ether oxygens (including phenoxy) is 1. The number of rotatable bonds is 6. The molecule has 35 heavy (non-hydrogen) atoms. The molecule has 5 rings (SSSR count). The zero-order valence-electron chi connectivity index (χ0n) is 18.7. The van der Waals surface area contributed by atoms with Gasteiger partial charge in [0.25, 0.3) is 5.91 Å². The van der Waals surface area contributed by atoms with Crippen LogP contribution in [0.2, 0.25) is 0 Å². The van der Waals surface area contributed by atoms with Crippen molar-refractivity contribution in [3.63, 3.8) is 0 Å². The number of oxazole rings is 1. The lowest BCUT2D eigenvalue weighted by molar-refractivity contribution is -0.153. The summed E-state index contributed by atoms with van der Waals surface area (Å²) in [6.07, 6.45) is -0.914. The van der Waals surface area contributed by atoms with Crippen LogP contribution < -0.4 is 5.32 Å². The molecule has 0 bridgehead atoms. The van der Waals surface area contributed by atoms with Crippen LogP contribution in [0.1, 0.15) is 51.1 Å². The first-order valence-corrected chi connectivity index (χ1v) is 11.1. The number of hydrogen-bond acceptors (Lipinski definition) is 7. The summed E-state index contributed by atoms with van der Waals surface area (Å²) in [5.74, 6) is -1.45. The van der Waals surface area contributed by atoms with Crippen LogP contribution in [-0.2, 0) is 20.7 Å². The summed E-state index contributed by atoms with van der Waals surface area (Å²) in [5, 5.41) is 2.63. The normalized spacial score (nSPS) is 13.2. The maximum atomic E-state index is 13.1. The van der Waals surface area contributed by atoms with Gasteiger partial charge in [0.15, 0.2) is 29.1 Å². The Bertz CT molecular complexity index is 1470. The van der Waals surface area contributed by atoms with Crippen LogP contribution in [0.4, 0.5) is 5.69 Å². The average molecular weight is 468 g/mol. The zero-order chi connectivity index (χ0) is 24.5. The number of nitrogens with one attached hydrogen (secondary N) is 1. The smallest absolute Gasteiger partial charge is 0.307 e. The zero-order valence-corrected chi connectivity index (χ0v) is 18.7. The summed E-state index contributed by atoms with van der Waals surface area (Å²) in [5.41, 5.74) is 2.47. The number of amides is 1. The fourth-order valence-electron chi connectivity index (χ4n) is 4.03. The van der Waals surface area contributed by atoms with Crippen LogP contribution >= 0.6 is 0 Å². The number of benzene rings is 3. The Balaban J connectivity index is 1.25. The van der Waals surface area contributed by atoms with Crippen molar-refractivity contribution in [2.75, 3.05) is 5.32 Å². The van der Waals surface area contributed by atoms with Gasteiger partial charge in [-0.05, 0) is 25.1 Å². The summed E-state index contributed by atoms with van der Waals surface area (Å²) >= 11 is 0. The Hall–Kier alpha value is -4.59. The van der Waals surface area contributed by atoms with Gasteiger partial charge in [0, 0.05) is 23.1 Å². The second kappa shape index (κ2) is 8.98. The molecule has 8 nitrogen and oxygen atoms in total. The van der Waals surface area contributed by atoms with Crippen LogP contribution in [0.3, 0.4) is 0 Å². The highest BCUT2D eigenvalue weighted by atomic mass is 16.5. The molecule has 0 aliphatic heterocycles. The first-order valence-electron chi connectivity index (χ1n) is 11.1. The average Bonchev–Trinajstić information content (AvgIpc) is 3.29. The molecule has 0 spiro atoms. The molecule has 8 heteroatoms. The van der Waals surface area contributed by atoms with E-state index in [9.17, 15) is 19.2 Å². The Morgan fingerprint density at radius 3 is 2.37 bits per heavy atom. The second-order valence-corrected chi connectivity index (χ2v) is 8.13. The number of carbonyl (C=O) groups is 4. The van der Waals surface area contributed by atoms with Gasteiger partial charge in [-0.25, -0.2) is 4.98 Å². The molecule has 0 unspecified atom stereocenters. The lowest BCUT2D eigenvalue weighted by Gasteiger charge is -2.21. The fourth-order valence-corrected chi connectivity index (χ4v) is 4.03. The quantitative estimate of drug-likeness (QED) is 0.373. The predicted molar refractivity (Wildman–Crippen MR) is 126 cm³/mol.